The predicted molar refractivity (Wildman–Crippen MR) is 111 cm³/mol. The number of nitrogens with two attached hydrogens (primary N) is 1. The van der Waals surface area contributed by atoms with Gasteiger partial charge in [-0.1, -0.05) is 24.3 Å². The van der Waals surface area contributed by atoms with Gasteiger partial charge in [-0.15, -0.1) is 0 Å². The third-order valence-electron chi connectivity index (χ3n) is 5.64. The molecule has 1 aliphatic heterocycles. The van der Waals surface area contributed by atoms with Gasteiger partial charge in [-0.05, 0) is 25.0 Å². The van der Waals surface area contributed by atoms with Crippen molar-refractivity contribution in [2.45, 2.75) is 33.2 Å². The number of amides is 3. The first-order valence-electron chi connectivity index (χ1n) is 9.86. The predicted octanol–water partition coefficient (Wildman–Crippen LogP) is 1.41. The summed E-state index contributed by atoms with van der Waals surface area (Å²) in [5, 5.41) is 0. The molecule has 0 aliphatic carbocycles. The summed E-state index contributed by atoms with van der Waals surface area (Å²) in [6.07, 6.45) is 1.56. The zero-order valence-electron chi connectivity index (χ0n) is 17.8. The molecule has 1 saturated heterocycles. The molecule has 2 atom stereocenters. The largest absolute Gasteiger partial charge is 0.369 e. The number of carbonyl (C=O) groups excluding carboxylic acids is 3. The number of aromatic nitrogens is 2. The van der Waals surface area contributed by atoms with E-state index in [9.17, 15) is 14.4 Å². The van der Waals surface area contributed by atoms with Gasteiger partial charge in [0.25, 0.3) is 5.91 Å². The molecule has 3 rings (SSSR count). The molecular weight excluding hydrogens is 382 g/mol. The summed E-state index contributed by atoms with van der Waals surface area (Å²) >= 11 is 0. The highest BCUT2D eigenvalue weighted by Gasteiger charge is 2.38. The summed E-state index contributed by atoms with van der Waals surface area (Å²) in [6, 6.07) is 7.76. The number of rotatable bonds is 5. The summed E-state index contributed by atoms with van der Waals surface area (Å²) in [4.78, 5) is 48.0. The summed E-state index contributed by atoms with van der Waals surface area (Å²) < 4.78 is 0. The van der Waals surface area contributed by atoms with E-state index >= 15 is 0 Å². The Hall–Kier alpha value is -3.29. The Kier molecular flexibility index (Phi) is 6.14. The first kappa shape index (κ1) is 21.4. The lowest BCUT2D eigenvalue weighted by Crippen LogP contribution is -2.30. The molecule has 0 saturated carbocycles. The molecular formula is C22H27N5O3. The van der Waals surface area contributed by atoms with Gasteiger partial charge in [-0.25, -0.2) is 9.97 Å². The van der Waals surface area contributed by atoms with Crippen molar-refractivity contribution in [1.29, 1.82) is 0 Å². The summed E-state index contributed by atoms with van der Waals surface area (Å²) in [7, 11) is 1.74. The normalized spacial score (nSPS) is 18.3. The van der Waals surface area contributed by atoms with Crippen LogP contribution in [0.3, 0.4) is 0 Å². The van der Waals surface area contributed by atoms with E-state index in [0.717, 1.165) is 11.1 Å². The standard InChI is InChI=1S/C22H27N5O3/c1-13-18(9-24-14(2)25-13)22(30)26(4)10-16-5-7-17(8-6-16)19-11-27(15(3)28)12-20(19)21(23)29/h5-9,19-20H,10-12H2,1-4H3,(H2,23,29)/t19-,20+/m1/s1. The van der Waals surface area contributed by atoms with Gasteiger partial charge < -0.3 is 15.5 Å². The van der Waals surface area contributed by atoms with Crippen LogP contribution in [0.15, 0.2) is 30.5 Å². The maximum Gasteiger partial charge on any atom is 0.257 e. The second-order valence-corrected chi connectivity index (χ2v) is 7.86. The van der Waals surface area contributed by atoms with Crippen LogP contribution in [0.25, 0.3) is 0 Å². The maximum atomic E-state index is 12.7. The molecule has 3 amide bonds. The molecule has 0 spiro atoms. The molecule has 0 radical (unpaired) electrons. The fraction of sp³-hybridized carbons (Fsp3) is 0.409. The quantitative estimate of drug-likeness (QED) is 0.803. The van der Waals surface area contributed by atoms with E-state index in [1.807, 2.05) is 24.3 Å². The highest BCUT2D eigenvalue weighted by Crippen LogP contribution is 2.32. The minimum atomic E-state index is -0.395. The van der Waals surface area contributed by atoms with Crippen molar-refractivity contribution in [2.24, 2.45) is 11.7 Å². The second-order valence-electron chi connectivity index (χ2n) is 7.86. The number of hydrogen-bond donors (Lipinski definition) is 1. The lowest BCUT2D eigenvalue weighted by Gasteiger charge is -2.19. The Bertz CT molecular complexity index is 973. The van der Waals surface area contributed by atoms with E-state index in [1.165, 1.54) is 6.92 Å². The van der Waals surface area contributed by atoms with Crippen LogP contribution in [-0.4, -0.2) is 57.6 Å². The SMILES string of the molecule is CC(=O)N1C[C@H](C(N)=O)[C@@H](c2ccc(CN(C)C(=O)c3cnc(C)nc3C)cc2)C1. The number of benzene rings is 1. The molecule has 1 aromatic heterocycles. The van der Waals surface area contributed by atoms with E-state index in [1.54, 1.807) is 36.9 Å². The zero-order chi connectivity index (χ0) is 22.0. The first-order chi connectivity index (χ1) is 14.2. The van der Waals surface area contributed by atoms with Gasteiger partial charge in [0.05, 0.1) is 17.2 Å². The first-order valence-corrected chi connectivity index (χ1v) is 9.86. The van der Waals surface area contributed by atoms with Crippen LogP contribution in [0.2, 0.25) is 0 Å². The van der Waals surface area contributed by atoms with Gasteiger partial charge in [0.2, 0.25) is 11.8 Å². The lowest BCUT2D eigenvalue weighted by atomic mass is 9.88. The summed E-state index contributed by atoms with van der Waals surface area (Å²) in [6.45, 7) is 6.34. The van der Waals surface area contributed by atoms with Gasteiger partial charge in [0, 0.05) is 45.7 Å². The molecule has 1 aromatic carbocycles. The number of hydrogen-bond acceptors (Lipinski definition) is 5. The van der Waals surface area contributed by atoms with Crippen molar-refractivity contribution < 1.29 is 14.4 Å². The van der Waals surface area contributed by atoms with Crippen molar-refractivity contribution >= 4 is 17.7 Å². The Balaban J connectivity index is 1.71. The van der Waals surface area contributed by atoms with Gasteiger partial charge in [0.15, 0.2) is 0 Å². The number of likely N-dealkylation sites (tertiary alicyclic amines) is 1. The van der Waals surface area contributed by atoms with Crippen molar-refractivity contribution in [3.8, 4) is 0 Å². The number of aryl methyl sites for hydroxylation is 2. The fourth-order valence-electron chi connectivity index (χ4n) is 3.90. The fourth-order valence-corrected chi connectivity index (χ4v) is 3.90. The maximum absolute atomic E-state index is 12.7. The third kappa shape index (κ3) is 4.48. The monoisotopic (exact) mass is 409 g/mol. The van der Waals surface area contributed by atoms with Crippen molar-refractivity contribution in [3.05, 3.63) is 58.7 Å². The highest BCUT2D eigenvalue weighted by molar-refractivity contribution is 5.94. The van der Waals surface area contributed by atoms with E-state index in [4.69, 9.17) is 5.73 Å². The number of nitrogens with zero attached hydrogens (tertiary/aromatic N) is 4. The van der Waals surface area contributed by atoms with E-state index in [2.05, 4.69) is 9.97 Å². The third-order valence-corrected chi connectivity index (χ3v) is 5.64. The van der Waals surface area contributed by atoms with Crippen molar-refractivity contribution in [3.63, 3.8) is 0 Å². The van der Waals surface area contributed by atoms with E-state index in [0.29, 0.717) is 36.7 Å². The molecule has 30 heavy (non-hydrogen) atoms. The molecule has 2 N–H and O–H groups in total. The van der Waals surface area contributed by atoms with Crippen LogP contribution in [-0.2, 0) is 16.1 Å². The molecule has 1 aliphatic rings. The highest BCUT2D eigenvalue weighted by atomic mass is 16.2. The van der Waals surface area contributed by atoms with Gasteiger partial charge in [-0.3, -0.25) is 14.4 Å². The van der Waals surface area contributed by atoms with E-state index in [-0.39, 0.29) is 17.7 Å². The zero-order valence-corrected chi connectivity index (χ0v) is 17.8. The van der Waals surface area contributed by atoms with Crippen LogP contribution < -0.4 is 5.73 Å². The Morgan fingerprint density at radius 3 is 2.40 bits per heavy atom. The minimum absolute atomic E-state index is 0.0594. The van der Waals surface area contributed by atoms with Crippen LogP contribution >= 0.6 is 0 Å². The summed E-state index contributed by atoms with van der Waals surface area (Å²) in [5.74, 6) is -0.476. The second kappa shape index (κ2) is 8.61. The van der Waals surface area contributed by atoms with Gasteiger partial charge in [-0.2, -0.15) is 0 Å². The molecule has 158 valence electrons. The molecule has 2 heterocycles. The van der Waals surface area contributed by atoms with Gasteiger partial charge >= 0.3 is 0 Å². The molecule has 0 unspecified atom stereocenters. The van der Waals surface area contributed by atoms with Crippen LogP contribution in [0.1, 0.15) is 45.8 Å². The smallest absolute Gasteiger partial charge is 0.257 e. The van der Waals surface area contributed by atoms with E-state index < -0.39 is 11.8 Å². The molecule has 2 aromatic rings. The molecule has 0 bridgehead atoms. The van der Waals surface area contributed by atoms with Crippen LogP contribution in [0.5, 0.6) is 0 Å². The number of carbonyl (C=O) groups is 3. The van der Waals surface area contributed by atoms with Crippen LogP contribution in [0.4, 0.5) is 0 Å². The van der Waals surface area contributed by atoms with Crippen LogP contribution in [0, 0.1) is 19.8 Å². The Morgan fingerprint density at radius 1 is 1.17 bits per heavy atom. The molecule has 8 heteroatoms. The molecule has 1 fully saturated rings. The Labute approximate surface area is 176 Å². The average Bonchev–Trinajstić information content (AvgIpc) is 3.14. The van der Waals surface area contributed by atoms with Crippen molar-refractivity contribution in [1.82, 2.24) is 19.8 Å². The van der Waals surface area contributed by atoms with Crippen molar-refractivity contribution in [2.75, 3.05) is 20.1 Å². The minimum Gasteiger partial charge on any atom is -0.369 e. The average molecular weight is 409 g/mol. The topological polar surface area (TPSA) is 109 Å². The Morgan fingerprint density at radius 2 is 1.83 bits per heavy atom. The molecule has 8 nitrogen and oxygen atoms in total. The van der Waals surface area contributed by atoms with Gasteiger partial charge in [0.1, 0.15) is 5.82 Å². The number of primary amides is 1. The summed E-state index contributed by atoms with van der Waals surface area (Å²) in [5.41, 5.74) is 8.62. The lowest BCUT2D eigenvalue weighted by molar-refractivity contribution is -0.128.